The molecule has 13 nitrogen and oxygen atoms in total. The summed E-state index contributed by atoms with van der Waals surface area (Å²) in [5, 5.41) is 42.2. The number of nitrogens with one attached hydrogen (secondary N) is 1. The number of carboxylic acid groups (broad SMARTS) is 1. The standard InChI is InChI=1S/C30H51N3O8S.CH2O2/c1-16(2)12-17-10-11-39-25-18(13-17)15-33(29(38)41-30(3,4)5)21(25)27(37)32-20-9-7-6-8-19(14-31)42-28-24(36)22(34)23(35)26(20)40-28;2-1-3/h6-7,16-26,28,34-36H,8-15,31H2,1-5H3,(H,32,37);1H,(H,2,3)/b7-6-;/t17-,18-,19+,20+,21-,22-,23+,24+,25+,26+,28+;/m0./s1. The first kappa shape index (κ1) is 37.5. The van der Waals surface area contributed by atoms with E-state index in [2.05, 4.69) is 19.2 Å². The van der Waals surface area contributed by atoms with Gasteiger partial charge in [-0.2, -0.15) is 0 Å². The number of fused-ring (bicyclic) bond motifs is 3. The van der Waals surface area contributed by atoms with Crippen molar-refractivity contribution in [3.05, 3.63) is 12.2 Å². The second-order valence-corrected chi connectivity index (χ2v) is 15.2. The molecule has 0 aromatic rings. The van der Waals surface area contributed by atoms with Crippen LogP contribution in [0.25, 0.3) is 0 Å². The van der Waals surface area contributed by atoms with Gasteiger partial charge in [0.05, 0.1) is 12.1 Å². The Labute approximate surface area is 270 Å². The summed E-state index contributed by atoms with van der Waals surface area (Å²) >= 11 is 1.31. The van der Waals surface area contributed by atoms with Gasteiger partial charge in [-0.1, -0.05) is 26.0 Å². The summed E-state index contributed by atoms with van der Waals surface area (Å²) < 4.78 is 18.2. The van der Waals surface area contributed by atoms with Crippen molar-refractivity contribution in [2.24, 2.45) is 23.5 Å². The Balaban J connectivity index is 0.00000177. The summed E-state index contributed by atoms with van der Waals surface area (Å²) in [6.07, 6.45) is 1.37. The molecule has 0 aromatic carbocycles. The van der Waals surface area contributed by atoms with Crippen molar-refractivity contribution in [2.75, 3.05) is 19.7 Å². The summed E-state index contributed by atoms with van der Waals surface area (Å²) in [7, 11) is 0. The largest absolute Gasteiger partial charge is 0.483 e. The summed E-state index contributed by atoms with van der Waals surface area (Å²) in [5.41, 5.74) is 4.34. The highest BCUT2D eigenvalue weighted by Crippen LogP contribution is 2.39. The van der Waals surface area contributed by atoms with Crippen LogP contribution in [0.4, 0.5) is 4.79 Å². The van der Waals surface area contributed by atoms with Crippen LogP contribution in [0.1, 0.15) is 66.7 Å². The Morgan fingerprint density at radius 3 is 2.42 bits per heavy atom. The molecule has 4 heterocycles. The Bertz CT molecular complexity index is 1010. The summed E-state index contributed by atoms with van der Waals surface area (Å²) in [4.78, 5) is 37.4. The van der Waals surface area contributed by atoms with E-state index in [1.807, 2.05) is 12.2 Å². The van der Waals surface area contributed by atoms with Gasteiger partial charge in [0.1, 0.15) is 41.5 Å². The van der Waals surface area contributed by atoms with Crippen molar-refractivity contribution < 1.29 is 49.0 Å². The van der Waals surface area contributed by atoms with Gasteiger partial charge in [0.25, 0.3) is 6.47 Å². The number of likely N-dealkylation sites (tertiary alicyclic amines) is 1. The number of carbonyl (C=O) groups is 3. The zero-order valence-corrected chi connectivity index (χ0v) is 27.8. The normalized spacial score (nSPS) is 37.7. The number of amides is 2. The van der Waals surface area contributed by atoms with Gasteiger partial charge >= 0.3 is 6.09 Å². The predicted octanol–water partition coefficient (Wildman–Crippen LogP) is 1.47. The topological polar surface area (TPSA) is 201 Å². The van der Waals surface area contributed by atoms with Crippen LogP contribution in [0.3, 0.4) is 0 Å². The number of nitrogens with two attached hydrogens (primary N) is 1. The van der Waals surface area contributed by atoms with E-state index < -0.39 is 65.6 Å². The average molecular weight is 660 g/mol. The number of nitrogens with zero attached hydrogens (tertiary/aromatic N) is 1. The molecule has 4 rings (SSSR count). The first-order chi connectivity index (χ1) is 21.2. The van der Waals surface area contributed by atoms with Crippen LogP contribution in [0.15, 0.2) is 12.2 Å². The number of aliphatic hydroxyl groups excluding tert-OH is 3. The highest BCUT2D eigenvalue weighted by molar-refractivity contribution is 8.00. The molecular formula is C31H53N3O10S. The van der Waals surface area contributed by atoms with Gasteiger partial charge in [-0.25, -0.2) is 4.79 Å². The Morgan fingerprint density at radius 1 is 1.13 bits per heavy atom. The number of hydrogen-bond acceptors (Lipinski definition) is 11. The molecule has 4 aliphatic rings. The number of carbonyl (C=O) groups excluding carboxylic acids is 2. The van der Waals surface area contributed by atoms with Gasteiger partial charge < -0.3 is 45.7 Å². The highest BCUT2D eigenvalue weighted by atomic mass is 32.2. The van der Waals surface area contributed by atoms with Gasteiger partial charge in [-0.15, -0.1) is 11.8 Å². The Morgan fingerprint density at radius 2 is 1.80 bits per heavy atom. The molecule has 258 valence electrons. The Kier molecular flexibility index (Phi) is 14.0. The van der Waals surface area contributed by atoms with E-state index in [1.54, 1.807) is 20.8 Å². The van der Waals surface area contributed by atoms with Crippen molar-refractivity contribution in [1.82, 2.24) is 10.2 Å². The monoisotopic (exact) mass is 659 g/mol. The lowest BCUT2D eigenvalue weighted by Crippen LogP contribution is -2.64. The van der Waals surface area contributed by atoms with E-state index in [0.29, 0.717) is 44.4 Å². The van der Waals surface area contributed by atoms with E-state index in [4.69, 9.17) is 29.8 Å². The lowest BCUT2D eigenvalue weighted by molar-refractivity contribution is -0.205. The fourth-order valence-electron chi connectivity index (χ4n) is 6.69. The minimum atomic E-state index is -1.46. The van der Waals surface area contributed by atoms with Crippen molar-refractivity contribution in [1.29, 1.82) is 0 Å². The zero-order valence-electron chi connectivity index (χ0n) is 27.0. The molecule has 45 heavy (non-hydrogen) atoms. The molecule has 11 atom stereocenters. The van der Waals surface area contributed by atoms with E-state index in [0.717, 1.165) is 19.3 Å². The third-order valence-corrected chi connectivity index (χ3v) is 10.0. The first-order valence-corrected chi connectivity index (χ1v) is 16.8. The van der Waals surface area contributed by atoms with E-state index >= 15 is 0 Å². The molecule has 2 amide bonds. The van der Waals surface area contributed by atoms with Crippen molar-refractivity contribution in [3.8, 4) is 0 Å². The van der Waals surface area contributed by atoms with Crippen molar-refractivity contribution >= 4 is 30.2 Å². The van der Waals surface area contributed by atoms with Gasteiger partial charge in [-0.05, 0) is 64.7 Å². The number of rotatable bonds is 5. The molecular weight excluding hydrogens is 606 g/mol. The first-order valence-electron chi connectivity index (χ1n) is 15.9. The molecule has 0 radical (unpaired) electrons. The maximum absolute atomic E-state index is 14.1. The van der Waals surface area contributed by atoms with Crippen LogP contribution in [-0.2, 0) is 23.8 Å². The van der Waals surface area contributed by atoms with Gasteiger partial charge in [-0.3, -0.25) is 14.5 Å². The predicted molar refractivity (Wildman–Crippen MR) is 168 cm³/mol. The maximum atomic E-state index is 14.1. The number of allylic oxidation sites excluding steroid dienone is 1. The van der Waals surface area contributed by atoms with Crippen LogP contribution in [0.2, 0.25) is 0 Å². The van der Waals surface area contributed by atoms with Crippen LogP contribution in [0, 0.1) is 17.8 Å². The fraction of sp³-hybridized carbons (Fsp3) is 0.839. The number of aliphatic hydroxyl groups is 3. The second-order valence-electron chi connectivity index (χ2n) is 13.8. The molecule has 0 saturated carbocycles. The minimum absolute atomic E-state index is 0.0223. The smallest absolute Gasteiger partial charge is 0.411 e. The molecule has 2 bridgehead atoms. The minimum Gasteiger partial charge on any atom is -0.483 e. The van der Waals surface area contributed by atoms with Gasteiger partial charge in [0, 0.05) is 30.9 Å². The summed E-state index contributed by atoms with van der Waals surface area (Å²) in [6.45, 7) is 10.7. The number of hydrogen-bond donors (Lipinski definition) is 6. The molecule has 4 aliphatic heterocycles. The average Bonchev–Trinajstić information content (AvgIpc) is 3.20. The van der Waals surface area contributed by atoms with Crippen molar-refractivity contribution in [2.45, 2.75) is 126 Å². The quantitative estimate of drug-likeness (QED) is 0.184. The number of ether oxygens (including phenoxy) is 3. The van der Waals surface area contributed by atoms with E-state index in [-0.39, 0.29) is 17.6 Å². The van der Waals surface area contributed by atoms with Crippen LogP contribution in [0.5, 0.6) is 0 Å². The van der Waals surface area contributed by atoms with Crippen LogP contribution >= 0.6 is 11.8 Å². The third kappa shape index (κ3) is 10.0. The molecule has 0 spiro atoms. The lowest BCUT2D eigenvalue weighted by Gasteiger charge is -2.44. The molecule has 14 heteroatoms. The van der Waals surface area contributed by atoms with Gasteiger partial charge in [0.15, 0.2) is 0 Å². The third-order valence-electron chi connectivity index (χ3n) is 8.59. The van der Waals surface area contributed by atoms with E-state index in [9.17, 15) is 24.9 Å². The van der Waals surface area contributed by atoms with Crippen LogP contribution in [-0.4, -0.2) is 122 Å². The van der Waals surface area contributed by atoms with Crippen molar-refractivity contribution in [3.63, 3.8) is 0 Å². The molecule has 3 saturated heterocycles. The summed E-state index contributed by atoms with van der Waals surface area (Å²) in [5.74, 6) is 0.529. The second kappa shape index (κ2) is 16.8. The number of thioether (sulfide) groups is 1. The zero-order chi connectivity index (χ0) is 33.5. The van der Waals surface area contributed by atoms with Gasteiger partial charge in [0.2, 0.25) is 5.91 Å². The molecule has 7 N–H and O–H groups in total. The molecule has 0 unspecified atom stereocenters. The molecule has 3 fully saturated rings. The maximum Gasteiger partial charge on any atom is 0.411 e. The molecule has 0 aromatic heterocycles. The lowest BCUT2D eigenvalue weighted by atomic mass is 9.85. The SMILES string of the molecule is CC(C)C[C@@H]1CCO[C@@H]2[C@@H](C1)CN(C(=O)OC(C)(C)C)[C@@H]2C(=O)N[C@@H]1C/C=C\C[C@H](CN)S[C@H]2O[C@H]1[C@H](O)[C@H](O)[C@H]2O.O=CO. The fourth-order valence-corrected chi connectivity index (χ4v) is 7.91. The molecule has 0 aliphatic carbocycles. The summed E-state index contributed by atoms with van der Waals surface area (Å²) in [6, 6.07) is -1.66. The Hall–Kier alpha value is -1.94. The highest BCUT2D eigenvalue weighted by Gasteiger charge is 2.53. The van der Waals surface area contributed by atoms with E-state index in [1.165, 1.54) is 16.7 Å². The van der Waals surface area contributed by atoms with Crippen LogP contribution < -0.4 is 11.1 Å².